The highest BCUT2D eigenvalue weighted by molar-refractivity contribution is 7.20. The molecule has 1 atom stereocenters. The number of carbonyl (C=O) groups excluding carboxylic acids is 1. The lowest BCUT2D eigenvalue weighted by atomic mass is 9.87. The summed E-state index contributed by atoms with van der Waals surface area (Å²) in [5, 5.41) is 8.31. The molecule has 1 amide bonds. The Morgan fingerprint density at radius 2 is 1.89 bits per heavy atom. The van der Waals surface area contributed by atoms with Gasteiger partial charge in [-0.05, 0) is 35.4 Å². The molecule has 0 saturated heterocycles. The zero-order valence-corrected chi connectivity index (χ0v) is 19.8. The van der Waals surface area contributed by atoms with Crippen molar-refractivity contribution in [2.45, 2.75) is 18.9 Å². The standard InChI is InChI=1S/C27H22N4O3S/c1-33-23-13-18(11-12-22(23)34-16-17-7-3-2-4-8-17)19-14-25(32)30-26-20(19)15-28-31(26)27-29-21-9-5-6-10-24(21)35-27/h2-13,15,19H,14,16H2,1H3,(H,30,32)/t19-/m0/s1. The van der Waals surface area contributed by atoms with Crippen LogP contribution in [0.25, 0.3) is 15.3 Å². The zero-order valence-electron chi connectivity index (χ0n) is 19.0. The monoisotopic (exact) mass is 482 g/mol. The fourth-order valence-electron chi connectivity index (χ4n) is 4.37. The number of para-hydroxylation sites is 1. The van der Waals surface area contributed by atoms with Gasteiger partial charge in [0.15, 0.2) is 11.5 Å². The van der Waals surface area contributed by atoms with E-state index in [0.717, 1.165) is 32.0 Å². The molecule has 35 heavy (non-hydrogen) atoms. The molecule has 0 unspecified atom stereocenters. The van der Waals surface area contributed by atoms with Gasteiger partial charge in [0.1, 0.15) is 12.4 Å². The second-order valence-corrected chi connectivity index (χ2v) is 9.32. The minimum absolute atomic E-state index is 0.0614. The highest BCUT2D eigenvalue weighted by Gasteiger charge is 2.31. The third-order valence-corrected chi connectivity index (χ3v) is 7.12. The van der Waals surface area contributed by atoms with Crippen LogP contribution in [0.2, 0.25) is 0 Å². The molecule has 2 aromatic heterocycles. The molecule has 0 spiro atoms. The molecule has 1 aliphatic rings. The lowest BCUT2D eigenvalue weighted by molar-refractivity contribution is -0.116. The van der Waals surface area contributed by atoms with Gasteiger partial charge >= 0.3 is 0 Å². The summed E-state index contributed by atoms with van der Waals surface area (Å²) < 4.78 is 14.4. The molecule has 0 radical (unpaired) electrons. The predicted molar refractivity (Wildman–Crippen MR) is 136 cm³/mol. The average Bonchev–Trinajstić information content (AvgIpc) is 3.51. The van der Waals surface area contributed by atoms with Gasteiger partial charge in [-0.1, -0.05) is 59.9 Å². The minimum Gasteiger partial charge on any atom is -0.493 e. The van der Waals surface area contributed by atoms with Gasteiger partial charge in [0.25, 0.3) is 0 Å². The summed E-state index contributed by atoms with van der Waals surface area (Å²) in [5.74, 6) is 1.73. The lowest BCUT2D eigenvalue weighted by Crippen LogP contribution is -2.24. The van der Waals surface area contributed by atoms with Crippen molar-refractivity contribution in [1.82, 2.24) is 14.8 Å². The molecule has 5 aromatic rings. The topological polar surface area (TPSA) is 78.3 Å². The van der Waals surface area contributed by atoms with Crippen LogP contribution < -0.4 is 14.8 Å². The quantitative estimate of drug-likeness (QED) is 0.344. The molecular weight excluding hydrogens is 460 g/mol. The van der Waals surface area contributed by atoms with Crippen molar-refractivity contribution >= 4 is 33.3 Å². The summed E-state index contributed by atoms with van der Waals surface area (Å²) in [5.41, 5.74) is 3.90. The molecular formula is C27H22N4O3S. The van der Waals surface area contributed by atoms with E-state index in [1.807, 2.05) is 79.0 Å². The van der Waals surface area contributed by atoms with Gasteiger partial charge in [-0.2, -0.15) is 9.78 Å². The fraction of sp³-hybridized carbons (Fsp3) is 0.148. The molecule has 8 heteroatoms. The Labute approximate surface area is 206 Å². The molecule has 3 aromatic carbocycles. The molecule has 6 rings (SSSR count). The second-order valence-electron chi connectivity index (χ2n) is 8.31. The van der Waals surface area contributed by atoms with Gasteiger partial charge in [0.2, 0.25) is 11.0 Å². The Kier molecular flexibility index (Phi) is 5.42. The molecule has 0 bridgehead atoms. The highest BCUT2D eigenvalue weighted by Crippen LogP contribution is 2.41. The number of carbonyl (C=O) groups is 1. The number of amides is 1. The van der Waals surface area contributed by atoms with E-state index in [-0.39, 0.29) is 11.8 Å². The Morgan fingerprint density at radius 1 is 1.06 bits per heavy atom. The van der Waals surface area contributed by atoms with Gasteiger partial charge in [-0.25, -0.2) is 4.98 Å². The first-order valence-corrected chi connectivity index (χ1v) is 12.1. The van der Waals surface area contributed by atoms with E-state index in [0.29, 0.717) is 30.3 Å². The van der Waals surface area contributed by atoms with Gasteiger partial charge in [0, 0.05) is 17.9 Å². The SMILES string of the molecule is COc1cc([C@@H]2CC(=O)Nc3c2cnn3-c2nc3ccccc3s2)ccc1OCc1ccccc1. The largest absolute Gasteiger partial charge is 0.493 e. The van der Waals surface area contributed by atoms with E-state index in [2.05, 4.69) is 10.4 Å². The third-order valence-electron chi connectivity index (χ3n) is 6.11. The van der Waals surface area contributed by atoms with E-state index in [1.165, 1.54) is 11.3 Å². The Balaban J connectivity index is 1.32. The summed E-state index contributed by atoms with van der Waals surface area (Å²) in [6.45, 7) is 0.446. The van der Waals surface area contributed by atoms with E-state index >= 15 is 0 Å². The first kappa shape index (κ1) is 21.4. The maximum absolute atomic E-state index is 12.7. The molecule has 0 aliphatic carbocycles. The fourth-order valence-corrected chi connectivity index (χ4v) is 5.30. The summed E-state index contributed by atoms with van der Waals surface area (Å²) >= 11 is 1.54. The number of anilines is 1. The van der Waals surface area contributed by atoms with E-state index in [9.17, 15) is 4.79 Å². The number of benzene rings is 3. The molecule has 0 fully saturated rings. The predicted octanol–water partition coefficient (Wildman–Crippen LogP) is 5.54. The molecule has 0 saturated carbocycles. The minimum atomic E-state index is -0.154. The van der Waals surface area contributed by atoms with Crippen molar-refractivity contribution in [2.24, 2.45) is 0 Å². The van der Waals surface area contributed by atoms with Crippen LogP contribution in [-0.4, -0.2) is 27.8 Å². The number of ether oxygens (including phenoxy) is 2. The van der Waals surface area contributed by atoms with Crippen molar-refractivity contribution in [3.8, 4) is 16.6 Å². The Morgan fingerprint density at radius 3 is 2.71 bits per heavy atom. The number of nitrogens with zero attached hydrogens (tertiary/aromatic N) is 3. The van der Waals surface area contributed by atoms with Crippen molar-refractivity contribution in [3.05, 3.63) is 95.7 Å². The Bertz CT molecular complexity index is 1490. The summed E-state index contributed by atoms with van der Waals surface area (Å²) in [4.78, 5) is 17.4. The maximum atomic E-state index is 12.7. The van der Waals surface area contributed by atoms with Crippen LogP contribution in [0.1, 0.15) is 29.0 Å². The molecule has 3 heterocycles. The van der Waals surface area contributed by atoms with Crippen molar-refractivity contribution in [2.75, 3.05) is 12.4 Å². The number of hydrogen-bond acceptors (Lipinski definition) is 6. The lowest BCUT2D eigenvalue weighted by Gasteiger charge is -2.24. The van der Waals surface area contributed by atoms with Gasteiger partial charge < -0.3 is 14.8 Å². The molecule has 1 N–H and O–H groups in total. The number of fused-ring (bicyclic) bond motifs is 2. The number of rotatable bonds is 6. The maximum Gasteiger partial charge on any atom is 0.226 e. The van der Waals surface area contributed by atoms with Crippen LogP contribution in [-0.2, 0) is 11.4 Å². The van der Waals surface area contributed by atoms with Crippen LogP contribution in [0.5, 0.6) is 11.5 Å². The molecule has 1 aliphatic heterocycles. The molecule has 174 valence electrons. The smallest absolute Gasteiger partial charge is 0.226 e. The average molecular weight is 483 g/mol. The van der Waals surface area contributed by atoms with E-state index in [1.54, 1.807) is 11.8 Å². The van der Waals surface area contributed by atoms with Crippen molar-refractivity contribution in [1.29, 1.82) is 0 Å². The summed E-state index contributed by atoms with van der Waals surface area (Å²) in [6, 6.07) is 23.8. The highest BCUT2D eigenvalue weighted by atomic mass is 32.1. The van der Waals surface area contributed by atoms with E-state index < -0.39 is 0 Å². The number of thiazole rings is 1. The van der Waals surface area contributed by atoms with Gasteiger partial charge in [-0.15, -0.1) is 0 Å². The zero-order chi connectivity index (χ0) is 23.8. The number of nitrogens with one attached hydrogen (secondary N) is 1. The number of aromatic nitrogens is 3. The molecule has 7 nitrogen and oxygen atoms in total. The van der Waals surface area contributed by atoms with Crippen LogP contribution in [0.15, 0.2) is 79.0 Å². The van der Waals surface area contributed by atoms with Crippen LogP contribution >= 0.6 is 11.3 Å². The number of hydrogen-bond donors (Lipinski definition) is 1. The number of methoxy groups -OCH3 is 1. The van der Waals surface area contributed by atoms with E-state index in [4.69, 9.17) is 14.5 Å². The summed E-state index contributed by atoms with van der Waals surface area (Å²) in [6.07, 6.45) is 2.14. The van der Waals surface area contributed by atoms with Crippen molar-refractivity contribution in [3.63, 3.8) is 0 Å². The summed E-state index contributed by atoms with van der Waals surface area (Å²) in [7, 11) is 1.62. The normalized spacial score (nSPS) is 15.0. The third kappa shape index (κ3) is 4.02. The van der Waals surface area contributed by atoms with Crippen LogP contribution in [0.3, 0.4) is 0 Å². The Hall–Kier alpha value is -4.17. The van der Waals surface area contributed by atoms with Gasteiger partial charge in [0.05, 0.1) is 23.5 Å². The second kappa shape index (κ2) is 8.88. The van der Waals surface area contributed by atoms with Crippen molar-refractivity contribution < 1.29 is 14.3 Å². The first-order chi connectivity index (χ1) is 17.2. The van der Waals surface area contributed by atoms with Crippen LogP contribution in [0, 0.1) is 0 Å². The first-order valence-electron chi connectivity index (χ1n) is 11.3. The van der Waals surface area contributed by atoms with Crippen LogP contribution in [0.4, 0.5) is 5.82 Å². The van der Waals surface area contributed by atoms with Gasteiger partial charge in [-0.3, -0.25) is 4.79 Å².